The zero-order valence-corrected chi connectivity index (χ0v) is 21.6. The summed E-state index contributed by atoms with van der Waals surface area (Å²) >= 11 is 0. The van der Waals surface area contributed by atoms with Crippen LogP contribution in [0.3, 0.4) is 0 Å². The maximum atomic E-state index is 11.8. The lowest BCUT2D eigenvalue weighted by Crippen LogP contribution is -2.51. The van der Waals surface area contributed by atoms with E-state index in [0.29, 0.717) is 11.4 Å². The van der Waals surface area contributed by atoms with E-state index in [-0.39, 0.29) is 45.1 Å². The second kappa shape index (κ2) is 16.0. The van der Waals surface area contributed by atoms with Crippen molar-refractivity contribution in [1.29, 1.82) is 0 Å². The molecule has 0 atom stereocenters. The lowest BCUT2D eigenvalue weighted by molar-refractivity contribution is -0.138. The Kier molecular flexibility index (Phi) is 14.3. The summed E-state index contributed by atoms with van der Waals surface area (Å²) in [5.41, 5.74) is 5.14. The molecule has 0 spiro atoms. The number of benzene rings is 1. The van der Waals surface area contributed by atoms with E-state index in [0.717, 1.165) is 0 Å². The fourth-order valence-corrected chi connectivity index (χ4v) is 3.14. The zero-order valence-electron chi connectivity index (χ0n) is 21.6. The van der Waals surface area contributed by atoms with E-state index in [1.807, 2.05) is 20.8 Å². The molecule has 37 heavy (non-hydrogen) atoms. The van der Waals surface area contributed by atoms with Crippen LogP contribution in [0.5, 0.6) is 0 Å². The molecule has 0 radical (unpaired) electrons. The molecule has 0 saturated carbocycles. The van der Waals surface area contributed by atoms with Crippen LogP contribution in [-0.2, 0) is 23.9 Å². The highest BCUT2D eigenvalue weighted by atomic mass is 16.6. The van der Waals surface area contributed by atoms with Crippen LogP contribution in [0, 0.1) is 0 Å². The normalized spacial score (nSPS) is 10.9. The van der Waals surface area contributed by atoms with Crippen molar-refractivity contribution in [2.24, 2.45) is 0 Å². The van der Waals surface area contributed by atoms with Crippen LogP contribution in [0.2, 0.25) is 0 Å². The number of anilines is 2. The summed E-state index contributed by atoms with van der Waals surface area (Å²) in [4.78, 5) is 55.5. The molecule has 2 amide bonds. The molecule has 0 aliphatic rings. The quantitative estimate of drug-likeness (QED) is 0.185. The lowest BCUT2D eigenvalue weighted by atomic mass is 9.83. The van der Waals surface area contributed by atoms with E-state index in [4.69, 9.17) is 25.8 Å². The molecule has 0 bridgehead atoms. The van der Waals surface area contributed by atoms with Crippen LogP contribution in [0.15, 0.2) is 24.3 Å². The molecule has 0 unspecified atom stereocenters. The molecular weight excluding hydrogens is 488 g/mol. The molecule has 208 valence electrons. The summed E-state index contributed by atoms with van der Waals surface area (Å²) in [6, 6.07) is 6.94. The van der Waals surface area contributed by atoms with Crippen molar-refractivity contribution in [2.75, 3.05) is 24.6 Å². The zero-order chi connectivity index (χ0) is 28.6. The number of carbonyl (C=O) groups is 5. The van der Waals surface area contributed by atoms with Crippen LogP contribution in [0.25, 0.3) is 0 Å². The predicted octanol–water partition coefficient (Wildman–Crippen LogP) is 2.27. The highest BCUT2D eigenvalue weighted by Crippen LogP contribution is 2.26. The molecule has 0 heterocycles. The standard InChI is InChI=1S/C13H22N2O7.C11H16N2O2/c1-14-8-9(16)15-13(5-2-10(17)18,6-3-11(19)20)7-4-12(21)22;1-11(2,3)15-10(14)13-9-6-4-5-8(12)7-9/h14H,2-8H2,1H3,(H,15,16)(H,17,18)(H,19,20)(H,21,22);4-7H,12H2,1-3H3,(H,13,14). The number of carbonyl (C=O) groups excluding carboxylic acids is 2. The number of nitrogen functional groups attached to an aromatic ring is 1. The summed E-state index contributed by atoms with van der Waals surface area (Å²) in [5, 5.41) is 34.3. The Morgan fingerprint density at radius 1 is 0.892 bits per heavy atom. The van der Waals surface area contributed by atoms with Gasteiger partial charge in [0.25, 0.3) is 0 Å². The number of nitrogens with two attached hydrogens (primary N) is 1. The minimum Gasteiger partial charge on any atom is -0.481 e. The van der Waals surface area contributed by atoms with E-state index in [1.54, 1.807) is 31.3 Å². The average Bonchev–Trinajstić information content (AvgIpc) is 2.74. The van der Waals surface area contributed by atoms with E-state index in [1.165, 1.54) is 0 Å². The van der Waals surface area contributed by atoms with Gasteiger partial charge in [-0.3, -0.25) is 24.5 Å². The van der Waals surface area contributed by atoms with Gasteiger partial charge in [-0.05, 0) is 65.3 Å². The van der Waals surface area contributed by atoms with E-state index < -0.39 is 41.0 Å². The molecule has 0 saturated heterocycles. The topological polar surface area (TPSA) is 217 Å². The van der Waals surface area contributed by atoms with Crippen LogP contribution < -0.4 is 21.7 Å². The number of ether oxygens (including phenoxy) is 1. The van der Waals surface area contributed by atoms with Gasteiger partial charge >= 0.3 is 24.0 Å². The number of carboxylic acid groups (broad SMARTS) is 3. The molecule has 0 aliphatic carbocycles. The Labute approximate surface area is 215 Å². The highest BCUT2D eigenvalue weighted by molar-refractivity contribution is 5.85. The maximum Gasteiger partial charge on any atom is 0.412 e. The van der Waals surface area contributed by atoms with Gasteiger partial charge in [0.2, 0.25) is 5.91 Å². The first-order chi connectivity index (χ1) is 17.1. The Morgan fingerprint density at radius 2 is 1.38 bits per heavy atom. The molecule has 13 nitrogen and oxygen atoms in total. The second-order valence-electron chi connectivity index (χ2n) is 9.29. The number of likely N-dealkylation sites (N-methyl/N-ethyl adjacent to an activating group) is 1. The number of aliphatic carboxylic acids is 3. The highest BCUT2D eigenvalue weighted by Gasteiger charge is 2.33. The largest absolute Gasteiger partial charge is 0.481 e. The van der Waals surface area contributed by atoms with Crippen LogP contribution in [-0.4, -0.2) is 70.0 Å². The summed E-state index contributed by atoms with van der Waals surface area (Å²) in [5.74, 6) is -3.74. The monoisotopic (exact) mass is 526 g/mol. The van der Waals surface area contributed by atoms with Gasteiger partial charge in [-0.1, -0.05) is 6.07 Å². The third-order valence-corrected chi connectivity index (χ3v) is 4.73. The maximum absolute atomic E-state index is 11.8. The van der Waals surface area contributed by atoms with Crippen molar-refractivity contribution in [3.8, 4) is 0 Å². The second-order valence-corrected chi connectivity index (χ2v) is 9.29. The first-order valence-corrected chi connectivity index (χ1v) is 11.5. The molecule has 1 rings (SSSR count). The molecule has 0 aliphatic heterocycles. The fourth-order valence-electron chi connectivity index (χ4n) is 3.14. The Bertz CT molecular complexity index is 883. The Balaban J connectivity index is 0.000000749. The molecule has 1 aromatic carbocycles. The number of hydrogen-bond acceptors (Lipinski definition) is 8. The number of rotatable bonds is 13. The molecular formula is C24H38N4O9. The summed E-state index contributed by atoms with van der Waals surface area (Å²) < 4.78 is 5.09. The average molecular weight is 527 g/mol. The Morgan fingerprint density at radius 3 is 1.76 bits per heavy atom. The summed E-state index contributed by atoms with van der Waals surface area (Å²) in [6.45, 7) is 5.40. The third-order valence-electron chi connectivity index (χ3n) is 4.73. The van der Waals surface area contributed by atoms with Crippen LogP contribution in [0.1, 0.15) is 59.3 Å². The van der Waals surface area contributed by atoms with Crippen molar-refractivity contribution in [2.45, 2.75) is 70.4 Å². The van der Waals surface area contributed by atoms with Gasteiger partial charge in [0.15, 0.2) is 0 Å². The van der Waals surface area contributed by atoms with E-state index in [2.05, 4.69) is 16.0 Å². The van der Waals surface area contributed by atoms with Gasteiger partial charge in [0.05, 0.1) is 6.54 Å². The first kappa shape index (κ1) is 33.1. The van der Waals surface area contributed by atoms with E-state index >= 15 is 0 Å². The molecule has 0 aromatic heterocycles. The minimum absolute atomic E-state index is 0.0294. The Hall–Kier alpha value is -3.87. The fraction of sp³-hybridized carbons (Fsp3) is 0.542. The molecule has 0 fully saturated rings. The smallest absolute Gasteiger partial charge is 0.412 e. The van der Waals surface area contributed by atoms with Crippen molar-refractivity contribution in [3.63, 3.8) is 0 Å². The van der Waals surface area contributed by atoms with Gasteiger partial charge < -0.3 is 36.4 Å². The predicted molar refractivity (Wildman–Crippen MR) is 136 cm³/mol. The number of carboxylic acids is 3. The van der Waals surface area contributed by atoms with Gasteiger partial charge in [0, 0.05) is 36.2 Å². The van der Waals surface area contributed by atoms with Gasteiger partial charge in [-0.15, -0.1) is 0 Å². The van der Waals surface area contributed by atoms with E-state index in [9.17, 15) is 24.0 Å². The van der Waals surface area contributed by atoms with Gasteiger partial charge in [-0.2, -0.15) is 0 Å². The number of hydrogen-bond donors (Lipinski definition) is 7. The van der Waals surface area contributed by atoms with Crippen molar-refractivity contribution in [3.05, 3.63) is 24.3 Å². The van der Waals surface area contributed by atoms with Gasteiger partial charge in [-0.25, -0.2) is 4.79 Å². The molecule has 1 aromatic rings. The first-order valence-electron chi connectivity index (χ1n) is 11.5. The van der Waals surface area contributed by atoms with Crippen molar-refractivity contribution in [1.82, 2.24) is 10.6 Å². The van der Waals surface area contributed by atoms with Crippen LogP contribution >= 0.6 is 0 Å². The molecule has 8 N–H and O–H groups in total. The SMILES string of the molecule is CC(C)(C)OC(=O)Nc1cccc(N)c1.CNCC(=O)NC(CCC(=O)O)(CCC(=O)O)CCC(=O)O. The van der Waals surface area contributed by atoms with Gasteiger partial charge in [0.1, 0.15) is 5.60 Å². The van der Waals surface area contributed by atoms with Crippen LogP contribution in [0.4, 0.5) is 16.2 Å². The van der Waals surface area contributed by atoms with Crippen molar-refractivity contribution >= 4 is 41.3 Å². The van der Waals surface area contributed by atoms with Crippen molar-refractivity contribution < 1.29 is 44.0 Å². The molecule has 13 heteroatoms. The lowest BCUT2D eigenvalue weighted by Gasteiger charge is -2.34. The summed E-state index contributed by atoms with van der Waals surface area (Å²) in [6.07, 6.45) is -1.44. The minimum atomic E-state index is -1.16. The number of nitrogens with one attached hydrogen (secondary N) is 3. The third kappa shape index (κ3) is 17.2. The number of amides is 2. The summed E-state index contributed by atoms with van der Waals surface area (Å²) in [7, 11) is 1.55.